The highest BCUT2D eigenvalue weighted by Gasteiger charge is 1.96. The van der Waals surface area contributed by atoms with Crippen molar-refractivity contribution in [2.24, 2.45) is 0 Å². The lowest BCUT2D eigenvalue weighted by Gasteiger charge is -2.00. The summed E-state index contributed by atoms with van der Waals surface area (Å²) in [6, 6.07) is 0. The zero-order chi connectivity index (χ0) is 10.6. The topological polar surface area (TPSA) is 37.3 Å². The number of aliphatic carboxylic acids is 1. The second-order valence-electron chi connectivity index (χ2n) is 3.66. The monoisotopic (exact) mass is 312 g/mol. The minimum absolute atomic E-state index is 0.342. The van der Waals surface area contributed by atoms with Gasteiger partial charge in [-0.25, -0.2) is 0 Å². The normalized spacial score (nSPS) is 10.4. The molecule has 0 atom stereocenters. The zero-order valence-corrected chi connectivity index (χ0v) is 11.0. The van der Waals surface area contributed by atoms with Crippen LogP contribution in [0, 0.1) is 0 Å². The highest BCUT2D eigenvalue weighted by Crippen LogP contribution is 2.10. The molecule has 3 heteroatoms. The number of unbranched alkanes of at least 4 members (excludes halogenated alkanes) is 7. The van der Waals surface area contributed by atoms with E-state index in [1.165, 1.54) is 43.0 Å². The van der Waals surface area contributed by atoms with Gasteiger partial charge in [0.25, 0.3) is 0 Å². The maximum absolute atomic E-state index is 10.2. The average molecular weight is 312 g/mol. The Morgan fingerprint density at radius 3 is 1.71 bits per heavy atom. The van der Waals surface area contributed by atoms with Crippen LogP contribution in [0.1, 0.15) is 57.8 Å². The number of rotatable bonds is 10. The van der Waals surface area contributed by atoms with Crippen LogP contribution in [-0.4, -0.2) is 15.5 Å². The first kappa shape index (κ1) is 14.2. The van der Waals surface area contributed by atoms with Gasteiger partial charge in [-0.2, -0.15) is 0 Å². The molecule has 0 amide bonds. The molecule has 0 aliphatic rings. The van der Waals surface area contributed by atoms with Gasteiger partial charge in [-0.15, -0.1) is 0 Å². The van der Waals surface area contributed by atoms with Crippen molar-refractivity contribution in [3.63, 3.8) is 0 Å². The number of carbonyl (C=O) groups is 1. The lowest BCUT2D eigenvalue weighted by Crippen LogP contribution is -1.93. The smallest absolute Gasteiger partial charge is 0.303 e. The third-order valence-electron chi connectivity index (χ3n) is 2.27. The fourth-order valence-corrected chi connectivity index (χ4v) is 1.97. The van der Waals surface area contributed by atoms with E-state index >= 15 is 0 Å². The Morgan fingerprint density at radius 1 is 0.857 bits per heavy atom. The van der Waals surface area contributed by atoms with E-state index in [4.69, 9.17) is 5.11 Å². The van der Waals surface area contributed by atoms with Gasteiger partial charge < -0.3 is 5.11 Å². The van der Waals surface area contributed by atoms with Crippen molar-refractivity contribution in [2.45, 2.75) is 57.8 Å². The molecular formula is C11H21IO2. The SMILES string of the molecule is O=C(O)CCCCCCCCCCI. The first-order chi connectivity index (χ1) is 6.77. The molecule has 0 radical (unpaired) electrons. The first-order valence-electron chi connectivity index (χ1n) is 5.55. The van der Waals surface area contributed by atoms with Crippen molar-refractivity contribution in [3.8, 4) is 0 Å². The number of carboxylic acid groups (broad SMARTS) is 1. The molecule has 0 aromatic heterocycles. The highest BCUT2D eigenvalue weighted by molar-refractivity contribution is 14.1. The maximum Gasteiger partial charge on any atom is 0.303 e. The summed E-state index contributed by atoms with van der Waals surface area (Å²) in [5.74, 6) is -0.660. The quantitative estimate of drug-likeness (QED) is 0.376. The third-order valence-corrected chi connectivity index (χ3v) is 3.04. The minimum atomic E-state index is -0.660. The largest absolute Gasteiger partial charge is 0.481 e. The van der Waals surface area contributed by atoms with E-state index < -0.39 is 5.97 Å². The Kier molecular flexibility index (Phi) is 11.4. The number of carboxylic acids is 1. The Labute approximate surface area is 101 Å². The Balaban J connectivity index is 2.88. The summed E-state index contributed by atoms with van der Waals surface area (Å²) >= 11 is 2.42. The molecule has 14 heavy (non-hydrogen) atoms. The second-order valence-corrected chi connectivity index (χ2v) is 4.74. The molecule has 2 nitrogen and oxygen atoms in total. The van der Waals surface area contributed by atoms with Crippen LogP contribution in [-0.2, 0) is 4.79 Å². The Morgan fingerprint density at radius 2 is 1.29 bits per heavy atom. The van der Waals surface area contributed by atoms with E-state index in [0.29, 0.717) is 6.42 Å². The number of hydrogen-bond donors (Lipinski definition) is 1. The van der Waals surface area contributed by atoms with Crippen LogP contribution in [0.15, 0.2) is 0 Å². The summed E-state index contributed by atoms with van der Waals surface area (Å²) in [6.07, 6.45) is 10.1. The van der Waals surface area contributed by atoms with E-state index in [0.717, 1.165) is 12.8 Å². The van der Waals surface area contributed by atoms with Gasteiger partial charge in [-0.1, -0.05) is 61.1 Å². The standard InChI is InChI=1S/C11H21IO2/c12-10-8-6-4-2-1-3-5-7-9-11(13)14/h1-10H2,(H,13,14). The maximum atomic E-state index is 10.2. The van der Waals surface area contributed by atoms with Crippen LogP contribution < -0.4 is 0 Å². The van der Waals surface area contributed by atoms with Gasteiger partial charge in [0.1, 0.15) is 0 Å². The van der Waals surface area contributed by atoms with Crippen LogP contribution in [0.3, 0.4) is 0 Å². The van der Waals surface area contributed by atoms with E-state index in [1.807, 2.05) is 0 Å². The van der Waals surface area contributed by atoms with Gasteiger partial charge in [0, 0.05) is 6.42 Å². The molecule has 0 saturated carbocycles. The minimum Gasteiger partial charge on any atom is -0.481 e. The summed E-state index contributed by atoms with van der Waals surface area (Å²) in [7, 11) is 0. The first-order valence-corrected chi connectivity index (χ1v) is 7.07. The molecule has 84 valence electrons. The summed E-state index contributed by atoms with van der Waals surface area (Å²) in [5.41, 5.74) is 0. The van der Waals surface area contributed by atoms with Crippen LogP contribution >= 0.6 is 22.6 Å². The number of hydrogen-bond acceptors (Lipinski definition) is 1. The summed E-state index contributed by atoms with van der Waals surface area (Å²) in [6.45, 7) is 0. The lowest BCUT2D eigenvalue weighted by atomic mass is 10.1. The molecule has 0 aliphatic carbocycles. The highest BCUT2D eigenvalue weighted by atomic mass is 127. The van der Waals surface area contributed by atoms with E-state index in [2.05, 4.69) is 22.6 Å². The summed E-state index contributed by atoms with van der Waals surface area (Å²) in [4.78, 5) is 10.2. The van der Waals surface area contributed by atoms with Crippen molar-refractivity contribution in [1.82, 2.24) is 0 Å². The molecule has 0 unspecified atom stereocenters. The van der Waals surface area contributed by atoms with Gasteiger partial charge in [-0.05, 0) is 17.3 Å². The molecule has 0 aliphatic heterocycles. The molecule has 0 aromatic rings. The van der Waals surface area contributed by atoms with Gasteiger partial charge in [0.2, 0.25) is 0 Å². The van der Waals surface area contributed by atoms with Crippen LogP contribution in [0.4, 0.5) is 0 Å². The Hall–Kier alpha value is 0.200. The Bertz CT molecular complexity index is 137. The number of halogens is 1. The van der Waals surface area contributed by atoms with E-state index in [9.17, 15) is 4.79 Å². The molecule has 1 N–H and O–H groups in total. The molecule has 0 fully saturated rings. The third kappa shape index (κ3) is 12.2. The molecular weight excluding hydrogens is 291 g/mol. The summed E-state index contributed by atoms with van der Waals surface area (Å²) < 4.78 is 1.27. The molecule has 0 rings (SSSR count). The fourth-order valence-electron chi connectivity index (χ4n) is 1.43. The molecule has 0 saturated heterocycles. The van der Waals surface area contributed by atoms with Crippen molar-refractivity contribution >= 4 is 28.6 Å². The average Bonchev–Trinajstić information content (AvgIpc) is 2.15. The van der Waals surface area contributed by atoms with Gasteiger partial charge in [0.15, 0.2) is 0 Å². The van der Waals surface area contributed by atoms with Crippen molar-refractivity contribution in [3.05, 3.63) is 0 Å². The number of alkyl halides is 1. The van der Waals surface area contributed by atoms with Crippen molar-refractivity contribution in [1.29, 1.82) is 0 Å². The van der Waals surface area contributed by atoms with Crippen molar-refractivity contribution < 1.29 is 9.90 Å². The lowest BCUT2D eigenvalue weighted by molar-refractivity contribution is -0.137. The molecule has 0 spiro atoms. The van der Waals surface area contributed by atoms with Gasteiger partial charge in [0.05, 0.1) is 0 Å². The van der Waals surface area contributed by atoms with Crippen molar-refractivity contribution in [2.75, 3.05) is 4.43 Å². The summed E-state index contributed by atoms with van der Waals surface area (Å²) in [5, 5.41) is 8.41. The predicted octanol–water partition coefficient (Wildman–Crippen LogP) is 4.02. The molecule has 0 aromatic carbocycles. The van der Waals surface area contributed by atoms with Crippen LogP contribution in [0.5, 0.6) is 0 Å². The van der Waals surface area contributed by atoms with Crippen LogP contribution in [0.2, 0.25) is 0 Å². The predicted molar refractivity (Wildman–Crippen MR) is 68.1 cm³/mol. The molecule has 0 heterocycles. The van der Waals surface area contributed by atoms with Gasteiger partial charge in [-0.3, -0.25) is 4.79 Å². The second kappa shape index (κ2) is 11.3. The van der Waals surface area contributed by atoms with Gasteiger partial charge >= 0.3 is 5.97 Å². The van der Waals surface area contributed by atoms with Crippen LogP contribution in [0.25, 0.3) is 0 Å². The van der Waals surface area contributed by atoms with E-state index in [-0.39, 0.29) is 0 Å². The van der Waals surface area contributed by atoms with E-state index in [1.54, 1.807) is 0 Å². The zero-order valence-electron chi connectivity index (χ0n) is 8.80. The fraction of sp³-hybridized carbons (Fsp3) is 0.909. The molecule has 0 bridgehead atoms.